The van der Waals surface area contributed by atoms with Crippen LogP contribution in [0.25, 0.3) is 0 Å². The average molecular weight is 259 g/mol. The van der Waals surface area contributed by atoms with Crippen molar-refractivity contribution in [1.29, 1.82) is 0 Å². The van der Waals surface area contributed by atoms with Gasteiger partial charge in [-0.1, -0.05) is 38.1 Å². The lowest BCUT2D eigenvalue weighted by Gasteiger charge is -2.36. The van der Waals surface area contributed by atoms with Gasteiger partial charge in [0.15, 0.2) is 0 Å². The molecule has 19 heavy (non-hydrogen) atoms. The van der Waals surface area contributed by atoms with E-state index in [0.29, 0.717) is 12.1 Å². The van der Waals surface area contributed by atoms with Crippen LogP contribution in [0, 0.1) is 11.8 Å². The molecule has 2 nitrogen and oxygen atoms in total. The molecule has 1 aliphatic carbocycles. The van der Waals surface area contributed by atoms with E-state index in [-0.39, 0.29) is 0 Å². The molecule has 0 radical (unpaired) electrons. The lowest BCUT2D eigenvalue weighted by Crippen LogP contribution is -2.41. The fourth-order valence-electron chi connectivity index (χ4n) is 3.50. The topological polar surface area (TPSA) is 21.3 Å². The quantitative estimate of drug-likeness (QED) is 0.875. The summed E-state index contributed by atoms with van der Waals surface area (Å²) in [5, 5.41) is 3.84. The number of rotatable bonds is 2. The molecule has 1 saturated carbocycles. The molecule has 3 rings (SSSR count). The minimum atomic E-state index is 0.385. The third-order valence-corrected chi connectivity index (χ3v) is 5.01. The maximum atomic E-state index is 5.74. The van der Waals surface area contributed by atoms with Gasteiger partial charge in [0, 0.05) is 6.04 Å². The molecule has 0 bridgehead atoms. The molecule has 1 N–H and O–H groups in total. The number of ether oxygens (including phenoxy) is 1. The minimum Gasteiger partial charge on any atom is -0.375 e. The predicted octanol–water partition coefficient (Wildman–Crippen LogP) is 3.67. The Bertz CT molecular complexity index is 431. The van der Waals surface area contributed by atoms with E-state index in [1.165, 1.54) is 30.4 Å². The Balaban J connectivity index is 1.68. The fraction of sp³-hybridized carbons (Fsp3) is 0.647. The molecule has 2 aliphatic rings. The van der Waals surface area contributed by atoms with Gasteiger partial charge in [-0.2, -0.15) is 0 Å². The summed E-state index contributed by atoms with van der Waals surface area (Å²) < 4.78 is 5.74. The zero-order valence-electron chi connectivity index (χ0n) is 12.1. The first-order valence-corrected chi connectivity index (χ1v) is 7.65. The van der Waals surface area contributed by atoms with Gasteiger partial charge in [-0.15, -0.1) is 0 Å². The van der Waals surface area contributed by atoms with Crippen LogP contribution in [0.4, 0.5) is 0 Å². The summed E-state index contributed by atoms with van der Waals surface area (Å²) in [7, 11) is 0. The molecule has 4 atom stereocenters. The van der Waals surface area contributed by atoms with Gasteiger partial charge in [-0.05, 0) is 42.2 Å². The molecule has 1 aromatic carbocycles. The molecule has 104 valence electrons. The highest BCUT2D eigenvalue weighted by atomic mass is 16.5. The fourth-order valence-corrected chi connectivity index (χ4v) is 3.50. The van der Waals surface area contributed by atoms with Crippen molar-refractivity contribution in [2.24, 2.45) is 11.8 Å². The summed E-state index contributed by atoms with van der Waals surface area (Å²) >= 11 is 0. The van der Waals surface area contributed by atoms with Crippen molar-refractivity contribution in [3.63, 3.8) is 0 Å². The van der Waals surface area contributed by atoms with Gasteiger partial charge in [0.05, 0.1) is 19.3 Å². The van der Waals surface area contributed by atoms with Gasteiger partial charge in [0.1, 0.15) is 0 Å². The Kier molecular flexibility index (Phi) is 3.90. The van der Waals surface area contributed by atoms with Crippen LogP contribution in [-0.2, 0) is 11.3 Å². The summed E-state index contributed by atoms with van der Waals surface area (Å²) in [5.41, 5.74) is 2.79. The van der Waals surface area contributed by atoms with Crippen molar-refractivity contribution in [3.8, 4) is 0 Å². The number of fused-ring (bicyclic) bond motifs is 1. The van der Waals surface area contributed by atoms with Crippen LogP contribution in [0.3, 0.4) is 0 Å². The molecule has 0 amide bonds. The van der Waals surface area contributed by atoms with Crippen LogP contribution in [-0.4, -0.2) is 12.6 Å². The van der Waals surface area contributed by atoms with Gasteiger partial charge in [0.2, 0.25) is 0 Å². The van der Waals surface area contributed by atoms with Crippen molar-refractivity contribution < 1.29 is 4.74 Å². The normalized spacial score (nSPS) is 34.8. The second kappa shape index (κ2) is 5.64. The van der Waals surface area contributed by atoms with E-state index in [1.54, 1.807) is 0 Å². The first-order chi connectivity index (χ1) is 9.24. The van der Waals surface area contributed by atoms with Gasteiger partial charge in [0.25, 0.3) is 0 Å². The standard InChI is InChI=1S/C17H25NO/c1-12-7-8-15(9-13(12)2)18-17-11-19-10-14-5-3-4-6-16(14)17/h3-6,12-13,15,17-18H,7-11H2,1-2H3. The first kappa shape index (κ1) is 13.1. The summed E-state index contributed by atoms with van der Waals surface area (Å²) in [6, 6.07) is 9.74. The van der Waals surface area contributed by atoms with Crippen LogP contribution in [0.15, 0.2) is 24.3 Å². The summed E-state index contributed by atoms with van der Waals surface area (Å²) in [5.74, 6) is 1.72. The SMILES string of the molecule is CC1CCC(NC2COCc3ccccc32)CC1C. The van der Waals surface area contributed by atoms with Crippen molar-refractivity contribution in [3.05, 3.63) is 35.4 Å². The lowest BCUT2D eigenvalue weighted by atomic mass is 9.78. The number of nitrogens with one attached hydrogen (secondary N) is 1. The summed E-state index contributed by atoms with van der Waals surface area (Å²) in [6.07, 6.45) is 3.97. The largest absolute Gasteiger partial charge is 0.375 e. The molecule has 1 heterocycles. The molecule has 2 heteroatoms. The van der Waals surface area contributed by atoms with E-state index in [4.69, 9.17) is 4.74 Å². The van der Waals surface area contributed by atoms with Gasteiger partial charge in [-0.3, -0.25) is 0 Å². The second-order valence-electron chi connectivity index (χ2n) is 6.40. The Morgan fingerprint density at radius 1 is 1.11 bits per heavy atom. The Morgan fingerprint density at radius 2 is 1.95 bits per heavy atom. The van der Waals surface area contributed by atoms with E-state index in [0.717, 1.165) is 25.0 Å². The molecule has 1 fully saturated rings. The summed E-state index contributed by atoms with van der Waals surface area (Å²) in [6.45, 7) is 6.37. The van der Waals surface area contributed by atoms with Crippen molar-refractivity contribution in [2.75, 3.05) is 6.61 Å². The highest BCUT2D eigenvalue weighted by Crippen LogP contribution is 2.32. The van der Waals surface area contributed by atoms with E-state index >= 15 is 0 Å². The minimum absolute atomic E-state index is 0.385. The van der Waals surface area contributed by atoms with Crippen molar-refractivity contribution in [1.82, 2.24) is 5.32 Å². The van der Waals surface area contributed by atoms with Crippen molar-refractivity contribution in [2.45, 2.75) is 51.8 Å². The highest BCUT2D eigenvalue weighted by molar-refractivity contribution is 5.31. The summed E-state index contributed by atoms with van der Waals surface area (Å²) in [4.78, 5) is 0. The molecule has 0 aromatic heterocycles. The number of hydrogen-bond donors (Lipinski definition) is 1. The molecule has 0 spiro atoms. The third-order valence-electron chi connectivity index (χ3n) is 5.01. The maximum absolute atomic E-state index is 5.74. The van der Waals surface area contributed by atoms with Gasteiger partial charge in [-0.25, -0.2) is 0 Å². The van der Waals surface area contributed by atoms with Gasteiger partial charge < -0.3 is 10.1 Å². The number of hydrogen-bond acceptors (Lipinski definition) is 2. The smallest absolute Gasteiger partial charge is 0.0721 e. The predicted molar refractivity (Wildman–Crippen MR) is 77.9 cm³/mol. The van der Waals surface area contributed by atoms with Crippen LogP contribution in [0.1, 0.15) is 50.3 Å². The molecular formula is C17H25NO. The Morgan fingerprint density at radius 3 is 2.79 bits per heavy atom. The van der Waals surface area contributed by atoms with E-state index in [9.17, 15) is 0 Å². The van der Waals surface area contributed by atoms with E-state index < -0.39 is 0 Å². The maximum Gasteiger partial charge on any atom is 0.0721 e. The molecular weight excluding hydrogens is 234 g/mol. The van der Waals surface area contributed by atoms with Crippen LogP contribution in [0.5, 0.6) is 0 Å². The second-order valence-corrected chi connectivity index (χ2v) is 6.40. The van der Waals surface area contributed by atoms with Crippen LogP contribution in [0.2, 0.25) is 0 Å². The molecule has 1 aliphatic heterocycles. The first-order valence-electron chi connectivity index (χ1n) is 7.65. The van der Waals surface area contributed by atoms with Crippen LogP contribution < -0.4 is 5.32 Å². The van der Waals surface area contributed by atoms with Crippen LogP contribution >= 0.6 is 0 Å². The van der Waals surface area contributed by atoms with E-state index in [2.05, 4.69) is 43.4 Å². The number of benzene rings is 1. The third kappa shape index (κ3) is 2.85. The Labute approximate surface area is 116 Å². The van der Waals surface area contributed by atoms with Crippen molar-refractivity contribution >= 4 is 0 Å². The zero-order chi connectivity index (χ0) is 13.2. The molecule has 4 unspecified atom stereocenters. The van der Waals surface area contributed by atoms with E-state index in [1.807, 2.05) is 0 Å². The lowest BCUT2D eigenvalue weighted by molar-refractivity contribution is 0.0730. The molecule has 0 saturated heterocycles. The highest BCUT2D eigenvalue weighted by Gasteiger charge is 2.28. The monoisotopic (exact) mass is 259 g/mol. The average Bonchev–Trinajstić information content (AvgIpc) is 2.43. The van der Waals surface area contributed by atoms with Gasteiger partial charge >= 0.3 is 0 Å². The Hall–Kier alpha value is -0.860. The zero-order valence-corrected chi connectivity index (χ0v) is 12.1. The molecule has 1 aromatic rings.